The van der Waals surface area contributed by atoms with Gasteiger partial charge in [-0.05, 0) is 42.8 Å². The summed E-state index contributed by atoms with van der Waals surface area (Å²) in [6, 6.07) is 8.06. The molecule has 0 radical (unpaired) electrons. The number of hydrogen-bond acceptors (Lipinski definition) is 3. The van der Waals surface area contributed by atoms with Crippen LogP contribution in [0.2, 0.25) is 0 Å². The Bertz CT molecular complexity index is 878. The van der Waals surface area contributed by atoms with Crippen LogP contribution in [-0.4, -0.2) is 29.2 Å². The first kappa shape index (κ1) is 20.5. The smallest absolute Gasteiger partial charge is 0.409 e. The van der Waals surface area contributed by atoms with E-state index in [0.29, 0.717) is 23.7 Å². The van der Waals surface area contributed by atoms with Crippen molar-refractivity contribution in [1.82, 2.24) is 10.4 Å². The number of carbonyl (C=O) groups excluding carboxylic acids is 1. The summed E-state index contributed by atoms with van der Waals surface area (Å²) in [7, 11) is 0. The van der Waals surface area contributed by atoms with Crippen LogP contribution in [-0.2, 0) is 4.79 Å². The summed E-state index contributed by atoms with van der Waals surface area (Å²) in [6.45, 7) is 7.84. The van der Waals surface area contributed by atoms with E-state index in [9.17, 15) is 18.0 Å². The van der Waals surface area contributed by atoms with Gasteiger partial charge in [-0.2, -0.15) is 18.2 Å². The number of alkyl halides is 3. The van der Waals surface area contributed by atoms with Gasteiger partial charge in [0.15, 0.2) is 6.04 Å². The highest BCUT2D eigenvalue weighted by Crippen LogP contribution is 2.43. The molecule has 1 N–H and O–H groups in total. The van der Waals surface area contributed by atoms with E-state index in [2.05, 4.69) is 5.43 Å². The maximum Gasteiger partial charge on any atom is 0.409 e. The normalized spacial score (nSPS) is 18.5. The molecular formula is C21H25F3N2O2. The van der Waals surface area contributed by atoms with Gasteiger partial charge in [0.2, 0.25) is 5.91 Å². The zero-order valence-electron chi connectivity index (χ0n) is 16.4. The van der Waals surface area contributed by atoms with Gasteiger partial charge in [-0.1, -0.05) is 38.1 Å². The average Bonchev–Trinajstić information content (AvgIpc) is 2.83. The maximum absolute atomic E-state index is 14.0. The lowest BCUT2D eigenvalue weighted by molar-refractivity contribution is -0.203. The second kappa shape index (κ2) is 7.28. The van der Waals surface area contributed by atoms with Crippen LogP contribution in [0, 0.1) is 5.92 Å². The summed E-state index contributed by atoms with van der Waals surface area (Å²) in [6.07, 6.45) is -4.53. The molecule has 1 aliphatic heterocycles. The molecule has 0 aliphatic carbocycles. The van der Waals surface area contributed by atoms with E-state index < -0.39 is 23.7 Å². The lowest BCUT2D eigenvalue weighted by Crippen LogP contribution is -2.51. The van der Waals surface area contributed by atoms with Crippen molar-refractivity contribution in [1.29, 1.82) is 0 Å². The number of amides is 1. The molecule has 0 aromatic heterocycles. The molecule has 152 valence electrons. The van der Waals surface area contributed by atoms with Crippen molar-refractivity contribution in [2.75, 3.05) is 6.61 Å². The Balaban J connectivity index is 2.03. The molecule has 0 bridgehead atoms. The van der Waals surface area contributed by atoms with Crippen molar-refractivity contribution >= 4 is 16.7 Å². The molecule has 1 saturated heterocycles. The summed E-state index contributed by atoms with van der Waals surface area (Å²) < 4.78 is 47.8. The van der Waals surface area contributed by atoms with Crippen LogP contribution in [0.15, 0.2) is 36.4 Å². The van der Waals surface area contributed by atoms with Gasteiger partial charge in [-0.3, -0.25) is 10.2 Å². The molecule has 3 rings (SSSR count). The Morgan fingerprint density at radius 2 is 1.93 bits per heavy atom. The molecule has 1 unspecified atom stereocenters. The van der Waals surface area contributed by atoms with E-state index in [0.717, 1.165) is 10.4 Å². The van der Waals surface area contributed by atoms with Gasteiger partial charge in [0, 0.05) is 17.3 Å². The number of hydrogen-bond donors (Lipinski definition) is 1. The molecular weight excluding hydrogens is 369 g/mol. The van der Waals surface area contributed by atoms with Gasteiger partial charge < -0.3 is 4.74 Å². The van der Waals surface area contributed by atoms with Crippen molar-refractivity contribution in [3.63, 3.8) is 0 Å². The summed E-state index contributed by atoms with van der Waals surface area (Å²) in [5, 5.41) is 2.45. The summed E-state index contributed by atoms with van der Waals surface area (Å²) >= 11 is 0. The quantitative estimate of drug-likeness (QED) is 0.777. The van der Waals surface area contributed by atoms with Crippen LogP contribution in [0.1, 0.15) is 45.7 Å². The lowest BCUT2D eigenvalue weighted by atomic mass is 9.95. The van der Waals surface area contributed by atoms with Crippen molar-refractivity contribution in [3.8, 4) is 5.75 Å². The van der Waals surface area contributed by atoms with Crippen molar-refractivity contribution < 1.29 is 22.7 Å². The number of hydrazine groups is 1. The third-order valence-electron chi connectivity index (χ3n) is 4.81. The van der Waals surface area contributed by atoms with Crippen LogP contribution < -0.4 is 10.2 Å². The van der Waals surface area contributed by atoms with E-state index in [1.54, 1.807) is 32.0 Å². The predicted molar refractivity (Wildman–Crippen MR) is 102 cm³/mol. The van der Waals surface area contributed by atoms with E-state index in [1.165, 1.54) is 12.1 Å². The minimum atomic E-state index is -4.55. The van der Waals surface area contributed by atoms with Crippen LogP contribution in [0.4, 0.5) is 13.2 Å². The molecule has 2 aromatic rings. The first-order chi connectivity index (χ1) is 13.0. The number of nitrogens with zero attached hydrogens (tertiary/aromatic N) is 1. The Morgan fingerprint density at radius 1 is 1.21 bits per heavy atom. The maximum atomic E-state index is 14.0. The summed E-state index contributed by atoms with van der Waals surface area (Å²) in [5.74, 6) is 0.575. The Morgan fingerprint density at radius 3 is 2.50 bits per heavy atom. The molecule has 1 amide bonds. The fourth-order valence-electron chi connectivity index (χ4n) is 3.53. The lowest BCUT2D eigenvalue weighted by Gasteiger charge is -2.38. The molecule has 0 spiro atoms. The van der Waals surface area contributed by atoms with Gasteiger partial charge in [-0.25, -0.2) is 0 Å². The number of carbonyl (C=O) groups is 1. The first-order valence-electron chi connectivity index (χ1n) is 9.30. The van der Waals surface area contributed by atoms with Gasteiger partial charge in [0.05, 0.1) is 6.61 Å². The third kappa shape index (κ3) is 4.09. The number of ether oxygens (including phenoxy) is 1. The molecule has 1 fully saturated rings. The highest BCUT2D eigenvalue weighted by molar-refractivity contribution is 5.89. The molecule has 0 saturated carbocycles. The second-order valence-corrected chi connectivity index (χ2v) is 8.28. The Kier molecular flexibility index (Phi) is 5.32. The Labute approximate surface area is 162 Å². The standard InChI is InChI=1S/C21H25F3N2O2/c1-13(2)12-28-17-7-5-6-14-10-15(8-9-16(14)17)19(21(22,23)24)26-20(3,4)11-18(27)25-26/h5-10,13,19H,11-12H2,1-4H3,(H,25,27). The number of benzene rings is 2. The Hall–Kier alpha value is -2.28. The fraction of sp³-hybridized carbons (Fsp3) is 0.476. The highest BCUT2D eigenvalue weighted by Gasteiger charge is 2.52. The van der Waals surface area contributed by atoms with Crippen LogP contribution in [0.5, 0.6) is 5.75 Å². The average molecular weight is 394 g/mol. The topological polar surface area (TPSA) is 41.6 Å². The number of rotatable bonds is 5. The zero-order chi connectivity index (χ0) is 20.7. The fourth-order valence-corrected chi connectivity index (χ4v) is 3.53. The monoisotopic (exact) mass is 394 g/mol. The van der Waals surface area contributed by atoms with Gasteiger partial charge in [0.25, 0.3) is 0 Å². The molecule has 1 aliphatic rings. The molecule has 2 aromatic carbocycles. The number of fused-ring (bicyclic) bond motifs is 1. The van der Waals surface area contributed by atoms with Crippen LogP contribution in [0.3, 0.4) is 0 Å². The van der Waals surface area contributed by atoms with Crippen molar-refractivity contribution in [3.05, 3.63) is 42.0 Å². The zero-order valence-corrected chi connectivity index (χ0v) is 16.4. The molecule has 4 nitrogen and oxygen atoms in total. The second-order valence-electron chi connectivity index (χ2n) is 8.28. The molecule has 7 heteroatoms. The van der Waals surface area contributed by atoms with E-state index in [-0.39, 0.29) is 12.0 Å². The van der Waals surface area contributed by atoms with Gasteiger partial charge in [0.1, 0.15) is 5.75 Å². The summed E-state index contributed by atoms with van der Waals surface area (Å²) in [4.78, 5) is 11.8. The van der Waals surface area contributed by atoms with E-state index >= 15 is 0 Å². The predicted octanol–water partition coefficient (Wildman–Crippen LogP) is 4.99. The number of halogens is 3. The van der Waals surface area contributed by atoms with Crippen LogP contribution >= 0.6 is 0 Å². The largest absolute Gasteiger partial charge is 0.493 e. The van der Waals surface area contributed by atoms with E-state index in [4.69, 9.17) is 4.74 Å². The van der Waals surface area contributed by atoms with Crippen LogP contribution in [0.25, 0.3) is 10.8 Å². The SMILES string of the molecule is CC(C)COc1cccc2cc(C(N3NC(=O)CC3(C)C)C(F)(F)F)ccc12. The molecule has 28 heavy (non-hydrogen) atoms. The molecule has 1 heterocycles. The third-order valence-corrected chi connectivity index (χ3v) is 4.81. The highest BCUT2D eigenvalue weighted by atomic mass is 19.4. The minimum absolute atomic E-state index is 0.0142. The van der Waals surface area contributed by atoms with E-state index in [1.807, 2.05) is 19.9 Å². The number of nitrogens with one attached hydrogen (secondary N) is 1. The van der Waals surface area contributed by atoms with Gasteiger partial charge >= 0.3 is 6.18 Å². The molecule has 1 atom stereocenters. The summed E-state index contributed by atoms with van der Waals surface area (Å²) in [5.41, 5.74) is 1.52. The van der Waals surface area contributed by atoms with Crippen molar-refractivity contribution in [2.45, 2.75) is 51.9 Å². The first-order valence-corrected chi connectivity index (χ1v) is 9.30. The minimum Gasteiger partial charge on any atom is -0.493 e. The van der Waals surface area contributed by atoms with Crippen molar-refractivity contribution in [2.24, 2.45) is 5.92 Å². The van der Waals surface area contributed by atoms with Gasteiger partial charge in [-0.15, -0.1) is 0 Å².